The SMILES string of the molecule is COc1ccc(CN(Cc2ccc(OC)cc2)c2cc(N3CCOCC3)nn3c(C(F)(F)F)cnc23)cc1. The van der Waals surface area contributed by atoms with Crippen molar-refractivity contribution in [1.82, 2.24) is 14.6 Å². The number of benzene rings is 2. The number of nitrogens with zero attached hydrogens (tertiary/aromatic N) is 5. The molecule has 0 spiro atoms. The third-order valence-electron chi connectivity index (χ3n) is 6.47. The largest absolute Gasteiger partial charge is 0.497 e. The van der Waals surface area contributed by atoms with Crippen LogP contribution in [0.4, 0.5) is 24.7 Å². The maximum Gasteiger partial charge on any atom is 0.435 e. The van der Waals surface area contributed by atoms with Crippen LogP contribution >= 0.6 is 0 Å². The Morgan fingerprint density at radius 3 is 1.95 bits per heavy atom. The maximum atomic E-state index is 13.9. The lowest BCUT2D eigenvalue weighted by Gasteiger charge is -2.30. The van der Waals surface area contributed by atoms with E-state index in [2.05, 4.69) is 10.1 Å². The zero-order valence-corrected chi connectivity index (χ0v) is 21.1. The highest BCUT2D eigenvalue weighted by Crippen LogP contribution is 2.34. The predicted molar refractivity (Wildman–Crippen MR) is 137 cm³/mol. The van der Waals surface area contributed by atoms with Crippen molar-refractivity contribution in [3.63, 3.8) is 0 Å². The third-order valence-corrected chi connectivity index (χ3v) is 6.47. The van der Waals surface area contributed by atoms with Gasteiger partial charge in [-0.05, 0) is 35.4 Å². The number of imidazole rings is 1. The van der Waals surface area contributed by atoms with E-state index in [9.17, 15) is 13.2 Å². The van der Waals surface area contributed by atoms with Crippen LogP contribution in [0.15, 0.2) is 60.8 Å². The molecule has 38 heavy (non-hydrogen) atoms. The van der Waals surface area contributed by atoms with E-state index in [1.54, 1.807) is 14.2 Å². The van der Waals surface area contributed by atoms with Crippen molar-refractivity contribution in [1.29, 1.82) is 0 Å². The van der Waals surface area contributed by atoms with Crippen molar-refractivity contribution in [2.45, 2.75) is 19.3 Å². The maximum absolute atomic E-state index is 13.9. The number of alkyl halides is 3. The van der Waals surface area contributed by atoms with Crippen LogP contribution in [0.25, 0.3) is 5.65 Å². The van der Waals surface area contributed by atoms with Crippen LogP contribution in [0.1, 0.15) is 16.8 Å². The highest BCUT2D eigenvalue weighted by molar-refractivity contribution is 5.73. The van der Waals surface area contributed by atoms with Crippen molar-refractivity contribution >= 4 is 17.2 Å². The topological polar surface area (TPSA) is 64.4 Å². The molecule has 0 radical (unpaired) electrons. The Balaban J connectivity index is 1.62. The first kappa shape index (κ1) is 25.7. The van der Waals surface area contributed by atoms with Crippen LogP contribution in [0.2, 0.25) is 0 Å². The molecule has 0 aliphatic carbocycles. The molecular formula is C27H28F3N5O3. The number of halogens is 3. The number of ether oxygens (including phenoxy) is 3. The van der Waals surface area contributed by atoms with E-state index in [-0.39, 0.29) is 5.65 Å². The number of anilines is 2. The van der Waals surface area contributed by atoms with Crippen molar-refractivity contribution in [3.8, 4) is 11.5 Å². The zero-order valence-electron chi connectivity index (χ0n) is 21.1. The lowest BCUT2D eigenvalue weighted by Crippen LogP contribution is -2.37. The van der Waals surface area contributed by atoms with Crippen LogP contribution in [-0.4, -0.2) is 55.1 Å². The van der Waals surface area contributed by atoms with Gasteiger partial charge in [-0.1, -0.05) is 24.3 Å². The molecule has 0 saturated carbocycles. The molecule has 1 aliphatic rings. The van der Waals surface area contributed by atoms with Gasteiger partial charge in [0.15, 0.2) is 17.2 Å². The van der Waals surface area contributed by atoms with Crippen LogP contribution in [0, 0.1) is 0 Å². The summed E-state index contributed by atoms with van der Waals surface area (Å²) in [7, 11) is 3.20. The molecule has 0 atom stereocenters. The van der Waals surface area contributed by atoms with E-state index in [1.165, 1.54) is 0 Å². The van der Waals surface area contributed by atoms with Crippen molar-refractivity contribution in [2.75, 3.05) is 50.3 Å². The minimum Gasteiger partial charge on any atom is -0.497 e. The Hall–Kier alpha value is -3.99. The van der Waals surface area contributed by atoms with Crippen molar-refractivity contribution in [3.05, 3.63) is 77.6 Å². The van der Waals surface area contributed by atoms with Gasteiger partial charge in [-0.15, -0.1) is 5.10 Å². The number of fused-ring (bicyclic) bond motifs is 1. The summed E-state index contributed by atoms with van der Waals surface area (Å²) in [6.07, 6.45) is -3.77. The van der Waals surface area contributed by atoms with Crippen LogP contribution in [-0.2, 0) is 24.0 Å². The Morgan fingerprint density at radius 1 is 0.895 bits per heavy atom. The fourth-order valence-electron chi connectivity index (χ4n) is 4.44. The Morgan fingerprint density at radius 2 is 1.45 bits per heavy atom. The van der Waals surface area contributed by atoms with E-state index >= 15 is 0 Å². The first-order valence-corrected chi connectivity index (χ1v) is 12.1. The molecule has 0 bridgehead atoms. The second-order valence-corrected chi connectivity index (χ2v) is 8.92. The average Bonchev–Trinajstić information content (AvgIpc) is 3.38. The molecule has 8 nitrogen and oxygen atoms in total. The second-order valence-electron chi connectivity index (χ2n) is 8.92. The summed E-state index contributed by atoms with van der Waals surface area (Å²) < 4.78 is 58.7. The smallest absolute Gasteiger partial charge is 0.435 e. The standard InChI is InChI=1S/C27H28F3N5O3/c1-36-21-7-3-19(4-8-21)17-34(18-20-5-9-22(37-2)10-6-20)23-15-25(33-11-13-38-14-12-33)32-35-24(27(28,29)30)16-31-26(23)35/h3-10,15-16H,11-14,17-18H2,1-2H3. The molecule has 4 aromatic rings. The Labute approximate surface area is 218 Å². The summed E-state index contributed by atoms with van der Waals surface area (Å²) in [5.41, 5.74) is 1.69. The van der Waals surface area contributed by atoms with E-state index in [0.29, 0.717) is 50.9 Å². The molecule has 1 aliphatic heterocycles. The number of aromatic nitrogens is 3. The van der Waals surface area contributed by atoms with Crippen molar-refractivity contribution in [2.24, 2.45) is 0 Å². The van der Waals surface area contributed by atoms with E-state index in [1.807, 2.05) is 64.4 Å². The normalized spacial score (nSPS) is 14.1. The van der Waals surface area contributed by atoms with Gasteiger partial charge >= 0.3 is 6.18 Å². The van der Waals surface area contributed by atoms with Gasteiger partial charge in [-0.2, -0.15) is 13.2 Å². The number of hydrogen-bond acceptors (Lipinski definition) is 7. The van der Waals surface area contributed by atoms with Crippen LogP contribution in [0.3, 0.4) is 0 Å². The number of hydrogen-bond donors (Lipinski definition) is 0. The summed E-state index contributed by atoms with van der Waals surface area (Å²) in [5.74, 6) is 1.88. The molecule has 0 amide bonds. The van der Waals surface area contributed by atoms with Crippen LogP contribution in [0.5, 0.6) is 11.5 Å². The minimum atomic E-state index is -4.61. The first-order chi connectivity index (χ1) is 18.4. The van der Waals surface area contributed by atoms with E-state index in [0.717, 1.165) is 33.3 Å². The molecule has 11 heteroatoms. The number of rotatable bonds is 8. The Bertz CT molecular complexity index is 1320. The lowest BCUT2D eigenvalue weighted by molar-refractivity contribution is -0.142. The highest BCUT2D eigenvalue weighted by Gasteiger charge is 2.36. The molecular weight excluding hydrogens is 499 g/mol. The molecule has 2 aromatic heterocycles. The molecule has 1 fully saturated rings. The zero-order chi connectivity index (χ0) is 26.7. The van der Waals surface area contributed by atoms with E-state index in [4.69, 9.17) is 14.2 Å². The van der Waals surface area contributed by atoms with Gasteiger partial charge in [0.2, 0.25) is 0 Å². The Kier molecular flexibility index (Phi) is 7.28. The summed E-state index contributed by atoms with van der Waals surface area (Å²) in [4.78, 5) is 8.13. The molecule has 200 valence electrons. The van der Waals surface area contributed by atoms with E-state index < -0.39 is 11.9 Å². The summed E-state index contributed by atoms with van der Waals surface area (Å²) in [5, 5.41) is 4.37. The van der Waals surface area contributed by atoms with Gasteiger partial charge in [0.05, 0.1) is 39.3 Å². The molecule has 2 aromatic carbocycles. The van der Waals surface area contributed by atoms with Gasteiger partial charge in [0.1, 0.15) is 11.5 Å². The van der Waals surface area contributed by atoms with Crippen LogP contribution < -0.4 is 19.3 Å². The van der Waals surface area contributed by atoms with Gasteiger partial charge in [0, 0.05) is 32.2 Å². The van der Waals surface area contributed by atoms with Gasteiger partial charge in [0.25, 0.3) is 0 Å². The average molecular weight is 528 g/mol. The minimum absolute atomic E-state index is 0.136. The van der Waals surface area contributed by atoms with Crippen molar-refractivity contribution < 1.29 is 27.4 Å². The summed E-state index contributed by atoms with van der Waals surface area (Å²) in [6.45, 7) is 2.87. The molecule has 3 heterocycles. The fourth-order valence-corrected chi connectivity index (χ4v) is 4.44. The highest BCUT2D eigenvalue weighted by atomic mass is 19.4. The third kappa shape index (κ3) is 5.47. The monoisotopic (exact) mass is 527 g/mol. The predicted octanol–water partition coefficient (Wildman–Crippen LogP) is 4.81. The molecule has 5 rings (SSSR count). The first-order valence-electron chi connectivity index (χ1n) is 12.1. The quantitative estimate of drug-likeness (QED) is 0.326. The van der Waals surface area contributed by atoms with Gasteiger partial charge in [-0.25, -0.2) is 9.50 Å². The molecule has 0 N–H and O–H groups in total. The summed E-state index contributed by atoms with van der Waals surface area (Å²) in [6, 6.07) is 17.0. The lowest BCUT2D eigenvalue weighted by atomic mass is 10.1. The number of morpholine rings is 1. The second kappa shape index (κ2) is 10.8. The molecule has 1 saturated heterocycles. The molecule has 0 unspecified atom stereocenters. The number of methoxy groups -OCH3 is 2. The van der Waals surface area contributed by atoms with Gasteiger partial charge < -0.3 is 24.0 Å². The summed E-state index contributed by atoms with van der Waals surface area (Å²) >= 11 is 0. The van der Waals surface area contributed by atoms with Gasteiger partial charge in [-0.3, -0.25) is 0 Å². The fraction of sp³-hybridized carbons (Fsp3) is 0.333.